The van der Waals surface area contributed by atoms with E-state index in [1.165, 1.54) is 4.90 Å². The smallest absolute Gasteiger partial charge is 0.147 e. The van der Waals surface area contributed by atoms with Crippen LogP contribution in [0.3, 0.4) is 0 Å². The van der Waals surface area contributed by atoms with Gasteiger partial charge in [0.2, 0.25) is 0 Å². The van der Waals surface area contributed by atoms with E-state index >= 15 is 0 Å². The van der Waals surface area contributed by atoms with Crippen LogP contribution in [-0.2, 0) is 0 Å². The van der Waals surface area contributed by atoms with Gasteiger partial charge in [-0.05, 0) is 30.5 Å². The molecule has 2 nitrogen and oxygen atoms in total. The molecule has 0 N–H and O–H groups in total. The highest BCUT2D eigenvalue weighted by Crippen LogP contribution is 2.24. The number of pyridine rings is 1. The van der Waals surface area contributed by atoms with E-state index in [1.807, 2.05) is 36.6 Å². The maximum Gasteiger partial charge on any atom is 0.147 e. The van der Waals surface area contributed by atoms with Gasteiger partial charge in [0.15, 0.2) is 0 Å². The fraction of sp³-hybridized carbons (Fsp3) is 0.0769. The van der Waals surface area contributed by atoms with Gasteiger partial charge in [-0.25, -0.2) is 4.98 Å². The van der Waals surface area contributed by atoms with Gasteiger partial charge in [-0.1, -0.05) is 23.7 Å². The molecule has 0 spiro atoms. The van der Waals surface area contributed by atoms with E-state index in [4.69, 9.17) is 16.9 Å². The van der Waals surface area contributed by atoms with Gasteiger partial charge in [-0.2, -0.15) is 5.26 Å². The maximum absolute atomic E-state index is 8.77. The molecule has 0 aliphatic carbocycles. The van der Waals surface area contributed by atoms with Crippen molar-refractivity contribution < 1.29 is 0 Å². The third kappa shape index (κ3) is 2.60. The van der Waals surface area contributed by atoms with Crippen molar-refractivity contribution in [2.75, 3.05) is 6.26 Å². The summed E-state index contributed by atoms with van der Waals surface area (Å²) in [5.74, 6) is 0. The van der Waals surface area contributed by atoms with E-state index in [-0.39, 0.29) is 5.15 Å². The number of nitrogens with zero attached hydrogens (tertiary/aromatic N) is 2. The van der Waals surface area contributed by atoms with Crippen LogP contribution in [-0.4, -0.2) is 11.2 Å². The van der Waals surface area contributed by atoms with Crippen LogP contribution in [0.15, 0.2) is 41.3 Å². The fourth-order valence-corrected chi connectivity index (χ4v) is 2.04. The zero-order chi connectivity index (χ0) is 12.3. The molecule has 0 unspecified atom stereocenters. The zero-order valence-corrected chi connectivity index (χ0v) is 10.7. The van der Waals surface area contributed by atoms with Crippen LogP contribution < -0.4 is 0 Å². The van der Waals surface area contributed by atoms with Crippen LogP contribution in [0.5, 0.6) is 0 Å². The number of hydrogen-bond acceptors (Lipinski definition) is 3. The summed E-state index contributed by atoms with van der Waals surface area (Å²) < 4.78 is 0. The normalized spacial score (nSPS) is 9.94. The van der Waals surface area contributed by atoms with Gasteiger partial charge in [0, 0.05) is 10.5 Å². The number of hydrogen-bond donors (Lipinski definition) is 0. The highest BCUT2D eigenvalue weighted by Gasteiger charge is 2.04. The van der Waals surface area contributed by atoms with Gasteiger partial charge in [-0.15, -0.1) is 11.8 Å². The molecule has 0 amide bonds. The molecule has 0 bridgehead atoms. The summed E-state index contributed by atoms with van der Waals surface area (Å²) in [4.78, 5) is 5.41. The molecule has 2 rings (SSSR count). The average Bonchev–Trinajstić information content (AvgIpc) is 2.39. The number of nitriles is 1. The van der Waals surface area contributed by atoms with Crippen LogP contribution in [0, 0.1) is 11.3 Å². The Hall–Kier alpha value is -1.50. The molecule has 0 aliphatic rings. The van der Waals surface area contributed by atoms with Gasteiger partial charge in [-0.3, -0.25) is 0 Å². The average molecular weight is 261 g/mol. The van der Waals surface area contributed by atoms with Crippen molar-refractivity contribution in [1.29, 1.82) is 5.26 Å². The molecule has 1 heterocycles. The maximum atomic E-state index is 8.77. The number of thioether (sulfide) groups is 1. The van der Waals surface area contributed by atoms with E-state index in [9.17, 15) is 0 Å². The summed E-state index contributed by atoms with van der Waals surface area (Å²) in [5.41, 5.74) is 2.17. The monoisotopic (exact) mass is 260 g/mol. The van der Waals surface area contributed by atoms with Gasteiger partial charge >= 0.3 is 0 Å². The Balaban J connectivity index is 2.40. The third-order valence-electron chi connectivity index (χ3n) is 2.35. The molecule has 0 radical (unpaired) electrons. The van der Waals surface area contributed by atoms with Crippen LogP contribution in [0.4, 0.5) is 0 Å². The van der Waals surface area contributed by atoms with E-state index < -0.39 is 0 Å². The van der Waals surface area contributed by atoms with Crippen molar-refractivity contribution in [3.63, 3.8) is 0 Å². The minimum atomic E-state index is 0.249. The van der Waals surface area contributed by atoms with Gasteiger partial charge in [0.25, 0.3) is 0 Å². The topological polar surface area (TPSA) is 36.7 Å². The Morgan fingerprint density at radius 1 is 1.18 bits per heavy atom. The molecule has 2 aromatic rings. The molecule has 0 fully saturated rings. The highest BCUT2D eigenvalue weighted by atomic mass is 35.5. The minimum Gasteiger partial charge on any atom is -0.235 e. The molecule has 1 aromatic heterocycles. The Morgan fingerprint density at radius 3 is 2.41 bits per heavy atom. The lowest BCUT2D eigenvalue weighted by molar-refractivity contribution is 1.29. The first-order chi connectivity index (χ1) is 8.24. The Bertz CT molecular complexity index is 573. The lowest BCUT2D eigenvalue weighted by Gasteiger charge is -2.03. The molecule has 4 heteroatoms. The van der Waals surface area contributed by atoms with Crippen LogP contribution in [0.25, 0.3) is 11.3 Å². The van der Waals surface area contributed by atoms with Crippen molar-refractivity contribution in [2.24, 2.45) is 0 Å². The van der Waals surface area contributed by atoms with Crippen LogP contribution >= 0.6 is 23.4 Å². The van der Waals surface area contributed by atoms with Gasteiger partial charge in [0.1, 0.15) is 11.2 Å². The first-order valence-electron chi connectivity index (χ1n) is 4.95. The highest BCUT2D eigenvalue weighted by molar-refractivity contribution is 7.98. The van der Waals surface area contributed by atoms with E-state index in [0.29, 0.717) is 5.56 Å². The van der Waals surface area contributed by atoms with E-state index in [1.54, 1.807) is 23.9 Å². The molecule has 0 aliphatic heterocycles. The Labute approximate surface area is 109 Å². The number of benzene rings is 1. The van der Waals surface area contributed by atoms with Crippen LogP contribution in [0.2, 0.25) is 5.15 Å². The molecular formula is C13H9ClN2S. The summed E-state index contributed by atoms with van der Waals surface area (Å²) in [7, 11) is 0. The Morgan fingerprint density at radius 2 is 1.88 bits per heavy atom. The summed E-state index contributed by atoms with van der Waals surface area (Å²) in [5, 5.41) is 9.02. The predicted octanol–water partition coefficient (Wildman–Crippen LogP) is 4.00. The van der Waals surface area contributed by atoms with Crippen molar-refractivity contribution in [3.8, 4) is 17.3 Å². The largest absolute Gasteiger partial charge is 0.235 e. The summed E-state index contributed by atoms with van der Waals surface area (Å²) in [6, 6.07) is 13.6. The standard InChI is InChI=1S/C13H9ClN2S/c1-17-11-5-2-9(3-6-11)12-7-4-10(8-15)13(14)16-12/h2-7H,1H3. The second-order valence-corrected chi connectivity index (χ2v) is 4.61. The molecule has 84 valence electrons. The van der Waals surface area contributed by atoms with E-state index in [2.05, 4.69) is 4.98 Å². The number of aromatic nitrogens is 1. The molecule has 17 heavy (non-hydrogen) atoms. The SMILES string of the molecule is CSc1ccc(-c2ccc(C#N)c(Cl)n2)cc1. The van der Waals surface area contributed by atoms with Crippen molar-refractivity contribution in [2.45, 2.75) is 4.90 Å². The third-order valence-corrected chi connectivity index (χ3v) is 3.39. The predicted molar refractivity (Wildman–Crippen MR) is 71.2 cm³/mol. The molecule has 0 saturated heterocycles. The summed E-state index contributed by atoms with van der Waals surface area (Å²) in [6.45, 7) is 0. The molecular weight excluding hydrogens is 252 g/mol. The first-order valence-corrected chi connectivity index (χ1v) is 6.56. The lowest BCUT2D eigenvalue weighted by atomic mass is 10.1. The van der Waals surface area contributed by atoms with Gasteiger partial charge in [0.05, 0.1) is 11.3 Å². The fourth-order valence-electron chi connectivity index (χ4n) is 1.44. The second kappa shape index (κ2) is 5.22. The number of rotatable bonds is 2. The first kappa shape index (κ1) is 12.0. The lowest BCUT2D eigenvalue weighted by Crippen LogP contribution is -1.87. The second-order valence-electron chi connectivity index (χ2n) is 3.38. The van der Waals surface area contributed by atoms with Crippen LogP contribution in [0.1, 0.15) is 5.56 Å². The zero-order valence-electron chi connectivity index (χ0n) is 9.14. The summed E-state index contributed by atoms with van der Waals surface area (Å²) in [6.07, 6.45) is 2.03. The van der Waals surface area contributed by atoms with Crippen molar-refractivity contribution >= 4 is 23.4 Å². The van der Waals surface area contributed by atoms with Crippen molar-refractivity contribution in [3.05, 3.63) is 47.1 Å². The molecule has 0 saturated carbocycles. The summed E-state index contributed by atoms with van der Waals surface area (Å²) >= 11 is 7.59. The van der Waals surface area contributed by atoms with Crippen molar-refractivity contribution in [1.82, 2.24) is 4.98 Å². The minimum absolute atomic E-state index is 0.249. The molecule has 1 aromatic carbocycles. The molecule has 0 atom stereocenters. The Kier molecular flexibility index (Phi) is 3.68. The quantitative estimate of drug-likeness (QED) is 0.605. The van der Waals surface area contributed by atoms with E-state index in [0.717, 1.165) is 11.3 Å². The van der Waals surface area contributed by atoms with Gasteiger partial charge < -0.3 is 0 Å². The number of halogens is 1.